The van der Waals surface area contributed by atoms with E-state index in [2.05, 4.69) is 30.3 Å². The second-order valence-electron chi connectivity index (χ2n) is 5.80. The maximum absolute atomic E-state index is 4.50. The molecule has 2 rings (SSSR count). The highest BCUT2D eigenvalue weighted by Crippen LogP contribution is 2.22. The first-order valence-corrected chi connectivity index (χ1v) is 7.44. The Bertz CT molecular complexity index is 370. The topological polar surface area (TPSA) is 29.9 Å². The second kappa shape index (κ2) is 6.37. The fourth-order valence-corrected chi connectivity index (χ4v) is 2.85. The first kappa shape index (κ1) is 13.6. The van der Waals surface area contributed by atoms with Crippen molar-refractivity contribution >= 4 is 0 Å². The van der Waals surface area contributed by atoms with Crippen LogP contribution in [0.2, 0.25) is 0 Å². The summed E-state index contributed by atoms with van der Waals surface area (Å²) < 4.78 is 2.02. The monoisotopic (exact) mass is 249 g/mol. The third kappa shape index (κ3) is 3.58. The minimum atomic E-state index is 0.704. The van der Waals surface area contributed by atoms with E-state index in [1.807, 2.05) is 11.7 Å². The van der Waals surface area contributed by atoms with Gasteiger partial charge in [-0.05, 0) is 37.7 Å². The average Bonchev–Trinajstić information content (AvgIpc) is 2.59. The zero-order valence-corrected chi connectivity index (χ0v) is 12.1. The van der Waals surface area contributed by atoms with Crippen molar-refractivity contribution in [2.45, 2.75) is 65.0 Å². The van der Waals surface area contributed by atoms with E-state index in [9.17, 15) is 0 Å². The summed E-state index contributed by atoms with van der Waals surface area (Å²) in [5.74, 6) is 0.917. The van der Waals surface area contributed by atoms with E-state index in [1.54, 1.807) is 0 Å². The van der Waals surface area contributed by atoms with Gasteiger partial charge in [0.05, 0.1) is 11.4 Å². The standard InChI is InChI=1S/C15H27N3/c1-4-13-10-15(18(3)17-13)11-16-14-7-5-6-12(2)8-9-14/h10,12,14,16H,4-9,11H2,1-3H3. The molecule has 3 heteroatoms. The molecule has 1 aromatic rings. The molecule has 0 amide bonds. The van der Waals surface area contributed by atoms with Gasteiger partial charge >= 0.3 is 0 Å². The Morgan fingerprint density at radius 1 is 1.33 bits per heavy atom. The Hall–Kier alpha value is -0.830. The summed E-state index contributed by atoms with van der Waals surface area (Å²) in [6, 6.07) is 2.93. The van der Waals surface area contributed by atoms with E-state index in [0.29, 0.717) is 6.04 Å². The number of nitrogens with zero attached hydrogens (tertiary/aromatic N) is 2. The molecule has 1 heterocycles. The van der Waals surface area contributed by atoms with Crippen molar-refractivity contribution in [3.05, 3.63) is 17.5 Å². The van der Waals surface area contributed by atoms with Gasteiger partial charge in [0, 0.05) is 19.6 Å². The van der Waals surface area contributed by atoms with Crippen LogP contribution in [0.25, 0.3) is 0 Å². The van der Waals surface area contributed by atoms with Gasteiger partial charge < -0.3 is 5.32 Å². The third-order valence-electron chi connectivity index (χ3n) is 4.22. The van der Waals surface area contributed by atoms with E-state index in [-0.39, 0.29) is 0 Å². The summed E-state index contributed by atoms with van der Waals surface area (Å²) >= 11 is 0. The minimum Gasteiger partial charge on any atom is -0.308 e. The highest BCUT2D eigenvalue weighted by molar-refractivity contribution is 5.10. The van der Waals surface area contributed by atoms with Crippen LogP contribution in [0.5, 0.6) is 0 Å². The van der Waals surface area contributed by atoms with Gasteiger partial charge in [-0.3, -0.25) is 4.68 Å². The van der Waals surface area contributed by atoms with Gasteiger partial charge in [0.1, 0.15) is 0 Å². The molecule has 1 aliphatic rings. The molecule has 2 unspecified atom stereocenters. The molecular weight excluding hydrogens is 222 g/mol. The van der Waals surface area contributed by atoms with Gasteiger partial charge in [0.2, 0.25) is 0 Å². The Labute approximate surface area is 111 Å². The zero-order valence-electron chi connectivity index (χ0n) is 12.1. The molecule has 0 spiro atoms. The largest absolute Gasteiger partial charge is 0.308 e. The van der Waals surface area contributed by atoms with Crippen LogP contribution in [0.1, 0.15) is 57.3 Å². The van der Waals surface area contributed by atoms with E-state index >= 15 is 0 Å². The minimum absolute atomic E-state index is 0.704. The predicted octanol–water partition coefficient (Wildman–Crippen LogP) is 3.04. The molecule has 1 saturated carbocycles. The molecule has 102 valence electrons. The van der Waals surface area contributed by atoms with Crippen molar-refractivity contribution in [3.63, 3.8) is 0 Å². The van der Waals surface area contributed by atoms with E-state index in [0.717, 1.165) is 18.9 Å². The lowest BCUT2D eigenvalue weighted by molar-refractivity contribution is 0.440. The lowest BCUT2D eigenvalue weighted by Crippen LogP contribution is -2.28. The van der Waals surface area contributed by atoms with Crippen LogP contribution < -0.4 is 5.32 Å². The molecule has 0 aliphatic heterocycles. The van der Waals surface area contributed by atoms with Crippen LogP contribution in [0.3, 0.4) is 0 Å². The van der Waals surface area contributed by atoms with Gasteiger partial charge in [0.15, 0.2) is 0 Å². The molecule has 2 atom stereocenters. The summed E-state index contributed by atoms with van der Waals surface area (Å²) in [5.41, 5.74) is 2.51. The van der Waals surface area contributed by atoms with Crippen molar-refractivity contribution in [3.8, 4) is 0 Å². The van der Waals surface area contributed by atoms with Gasteiger partial charge in [-0.1, -0.05) is 26.7 Å². The van der Waals surface area contributed by atoms with Gasteiger partial charge in [0.25, 0.3) is 0 Å². The van der Waals surface area contributed by atoms with Gasteiger partial charge in [-0.2, -0.15) is 5.10 Å². The number of rotatable bonds is 4. The maximum atomic E-state index is 4.50. The molecule has 3 nitrogen and oxygen atoms in total. The summed E-state index contributed by atoms with van der Waals surface area (Å²) in [5, 5.41) is 8.22. The molecule has 1 N–H and O–H groups in total. The van der Waals surface area contributed by atoms with Crippen LogP contribution in [0, 0.1) is 5.92 Å². The van der Waals surface area contributed by atoms with Crippen molar-refractivity contribution < 1.29 is 0 Å². The average molecular weight is 249 g/mol. The molecule has 18 heavy (non-hydrogen) atoms. The summed E-state index contributed by atoms with van der Waals surface area (Å²) in [6.07, 6.45) is 7.86. The Morgan fingerprint density at radius 2 is 2.17 bits per heavy atom. The summed E-state index contributed by atoms with van der Waals surface area (Å²) in [6.45, 7) is 5.51. The number of hydrogen-bond donors (Lipinski definition) is 1. The lowest BCUT2D eigenvalue weighted by atomic mass is 10.0. The highest BCUT2D eigenvalue weighted by Gasteiger charge is 2.16. The normalized spacial score (nSPS) is 25.1. The van der Waals surface area contributed by atoms with Crippen LogP contribution in [-0.2, 0) is 20.0 Å². The Balaban J connectivity index is 1.84. The number of aromatic nitrogens is 2. The Kier molecular flexibility index (Phi) is 4.81. The van der Waals surface area contributed by atoms with Crippen LogP contribution >= 0.6 is 0 Å². The molecule has 0 bridgehead atoms. The lowest BCUT2D eigenvalue weighted by Gasteiger charge is -2.16. The fourth-order valence-electron chi connectivity index (χ4n) is 2.85. The van der Waals surface area contributed by atoms with E-state index < -0.39 is 0 Å². The van der Waals surface area contributed by atoms with Crippen LogP contribution in [-0.4, -0.2) is 15.8 Å². The molecule has 0 saturated heterocycles. The SMILES string of the molecule is CCc1cc(CNC2CCCC(C)CC2)n(C)n1. The maximum Gasteiger partial charge on any atom is 0.0625 e. The number of hydrogen-bond acceptors (Lipinski definition) is 2. The third-order valence-corrected chi connectivity index (χ3v) is 4.22. The molecule has 0 radical (unpaired) electrons. The van der Waals surface area contributed by atoms with E-state index in [4.69, 9.17) is 0 Å². The number of aryl methyl sites for hydroxylation is 2. The van der Waals surface area contributed by atoms with Crippen molar-refractivity contribution in [2.75, 3.05) is 0 Å². The molecular formula is C15H27N3. The second-order valence-corrected chi connectivity index (χ2v) is 5.80. The molecule has 0 aromatic carbocycles. The Morgan fingerprint density at radius 3 is 2.89 bits per heavy atom. The molecule has 1 fully saturated rings. The van der Waals surface area contributed by atoms with Crippen molar-refractivity contribution in [1.29, 1.82) is 0 Å². The summed E-state index contributed by atoms with van der Waals surface area (Å²) in [7, 11) is 2.05. The van der Waals surface area contributed by atoms with Gasteiger partial charge in [-0.25, -0.2) is 0 Å². The quantitative estimate of drug-likeness (QED) is 0.831. The van der Waals surface area contributed by atoms with E-state index in [1.165, 1.54) is 43.5 Å². The number of nitrogens with one attached hydrogen (secondary N) is 1. The van der Waals surface area contributed by atoms with Crippen LogP contribution in [0.15, 0.2) is 6.07 Å². The highest BCUT2D eigenvalue weighted by atomic mass is 15.3. The van der Waals surface area contributed by atoms with Crippen molar-refractivity contribution in [1.82, 2.24) is 15.1 Å². The van der Waals surface area contributed by atoms with Crippen LogP contribution in [0.4, 0.5) is 0 Å². The predicted molar refractivity (Wildman–Crippen MR) is 75.5 cm³/mol. The zero-order chi connectivity index (χ0) is 13.0. The first-order chi connectivity index (χ1) is 8.69. The first-order valence-electron chi connectivity index (χ1n) is 7.44. The molecule has 1 aliphatic carbocycles. The fraction of sp³-hybridized carbons (Fsp3) is 0.800. The van der Waals surface area contributed by atoms with Gasteiger partial charge in [-0.15, -0.1) is 0 Å². The van der Waals surface area contributed by atoms with Crippen molar-refractivity contribution in [2.24, 2.45) is 13.0 Å². The summed E-state index contributed by atoms with van der Waals surface area (Å²) in [4.78, 5) is 0. The molecule has 1 aromatic heterocycles. The smallest absolute Gasteiger partial charge is 0.0625 e.